The van der Waals surface area contributed by atoms with Crippen molar-refractivity contribution in [3.8, 4) is 0 Å². The summed E-state index contributed by atoms with van der Waals surface area (Å²) in [5.41, 5.74) is 1.22. The largest absolute Gasteiger partial charge is 0.490 e. The Morgan fingerprint density at radius 3 is 2.72 bits per heavy atom. The number of hydrogen-bond donors (Lipinski definition) is 2. The van der Waals surface area contributed by atoms with E-state index < -0.39 is 12.1 Å². The molecule has 3 atom stereocenters. The van der Waals surface area contributed by atoms with E-state index in [0.29, 0.717) is 24.2 Å². The minimum Gasteiger partial charge on any atom is -0.475 e. The number of fused-ring (bicyclic) bond motifs is 1. The molecule has 12 heteroatoms. The Morgan fingerprint density at radius 2 is 2.12 bits per heavy atom. The van der Waals surface area contributed by atoms with Crippen LogP contribution in [0.15, 0.2) is 35.4 Å². The van der Waals surface area contributed by atoms with Crippen molar-refractivity contribution in [2.75, 3.05) is 26.2 Å². The molecular formula is C20H25F3N4O5. The monoisotopic (exact) mass is 458 g/mol. The van der Waals surface area contributed by atoms with Gasteiger partial charge in [-0.15, -0.1) is 0 Å². The molecule has 2 aromatic rings. The SMILES string of the molecule is Cn1ccnc1C(=O)NC[C@@H]1OC[C@H]2CN(Cc3ccoc3)CC[C@H]21.O=C(O)C(F)(F)F. The van der Waals surface area contributed by atoms with Crippen LogP contribution in [0, 0.1) is 11.8 Å². The lowest BCUT2D eigenvalue weighted by atomic mass is 9.84. The van der Waals surface area contributed by atoms with E-state index in [1.165, 1.54) is 5.56 Å². The van der Waals surface area contributed by atoms with Gasteiger partial charge in [-0.2, -0.15) is 13.2 Å². The number of nitrogens with one attached hydrogen (secondary N) is 1. The molecule has 0 unspecified atom stereocenters. The van der Waals surface area contributed by atoms with E-state index in [-0.39, 0.29) is 12.0 Å². The van der Waals surface area contributed by atoms with Crippen molar-refractivity contribution < 1.29 is 37.0 Å². The van der Waals surface area contributed by atoms with Crippen LogP contribution < -0.4 is 5.32 Å². The molecule has 176 valence electrons. The van der Waals surface area contributed by atoms with Crippen LogP contribution in [0.5, 0.6) is 0 Å². The topological polar surface area (TPSA) is 110 Å². The highest BCUT2D eigenvalue weighted by Gasteiger charge is 2.41. The summed E-state index contributed by atoms with van der Waals surface area (Å²) in [7, 11) is 1.82. The number of aromatic nitrogens is 2. The van der Waals surface area contributed by atoms with Crippen LogP contribution in [-0.4, -0.2) is 70.0 Å². The third-order valence-corrected chi connectivity index (χ3v) is 5.60. The summed E-state index contributed by atoms with van der Waals surface area (Å²) < 4.78 is 44.6. The maximum atomic E-state index is 12.2. The number of nitrogens with zero attached hydrogens (tertiary/aromatic N) is 3. The van der Waals surface area contributed by atoms with Crippen molar-refractivity contribution in [3.63, 3.8) is 0 Å². The Bertz CT molecular complexity index is 899. The number of carboxylic acids is 1. The Hall–Kier alpha value is -2.86. The average Bonchev–Trinajstić information content (AvgIpc) is 3.47. The fourth-order valence-corrected chi connectivity index (χ4v) is 4.01. The van der Waals surface area contributed by atoms with E-state index in [1.807, 2.05) is 19.4 Å². The normalized spacial score (nSPS) is 23.2. The number of amides is 1. The van der Waals surface area contributed by atoms with Crippen LogP contribution in [0.4, 0.5) is 13.2 Å². The van der Waals surface area contributed by atoms with Crippen LogP contribution in [-0.2, 0) is 23.1 Å². The molecule has 0 spiro atoms. The van der Waals surface area contributed by atoms with E-state index >= 15 is 0 Å². The van der Waals surface area contributed by atoms with Gasteiger partial charge in [0, 0.05) is 50.6 Å². The molecule has 2 fully saturated rings. The highest BCUT2D eigenvalue weighted by atomic mass is 19.4. The van der Waals surface area contributed by atoms with Crippen LogP contribution in [0.25, 0.3) is 0 Å². The molecule has 9 nitrogen and oxygen atoms in total. The zero-order valence-electron chi connectivity index (χ0n) is 17.4. The predicted molar refractivity (Wildman–Crippen MR) is 105 cm³/mol. The number of aliphatic carboxylic acids is 1. The number of alkyl halides is 3. The van der Waals surface area contributed by atoms with Crippen LogP contribution in [0.3, 0.4) is 0 Å². The molecule has 2 aliphatic rings. The number of carbonyl (C=O) groups is 2. The van der Waals surface area contributed by atoms with Gasteiger partial charge in [-0.1, -0.05) is 0 Å². The molecule has 1 amide bonds. The first-order valence-electron chi connectivity index (χ1n) is 10.1. The lowest BCUT2D eigenvalue weighted by molar-refractivity contribution is -0.192. The van der Waals surface area contributed by atoms with Gasteiger partial charge in [0.25, 0.3) is 5.91 Å². The molecule has 4 rings (SSSR count). The summed E-state index contributed by atoms with van der Waals surface area (Å²) in [5.74, 6) is -1.41. The molecule has 0 aliphatic carbocycles. The number of piperidine rings is 1. The van der Waals surface area contributed by atoms with Crippen molar-refractivity contribution in [2.45, 2.75) is 25.2 Å². The molecule has 32 heavy (non-hydrogen) atoms. The first-order valence-corrected chi connectivity index (χ1v) is 10.1. The number of halogens is 3. The van der Waals surface area contributed by atoms with E-state index in [0.717, 1.165) is 32.7 Å². The van der Waals surface area contributed by atoms with Crippen molar-refractivity contribution in [1.82, 2.24) is 19.8 Å². The third kappa shape index (κ3) is 6.10. The van der Waals surface area contributed by atoms with Gasteiger partial charge in [0.05, 0.1) is 25.2 Å². The number of likely N-dealkylation sites (tertiary alicyclic amines) is 1. The number of furan rings is 1. The summed E-state index contributed by atoms with van der Waals surface area (Å²) in [6, 6.07) is 2.02. The number of carbonyl (C=O) groups excluding carboxylic acids is 1. The van der Waals surface area contributed by atoms with Crippen LogP contribution >= 0.6 is 0 Å². The molecule has 4 heterocycles. The number of rotatable bonds is 5. The Morgan fingerprint density at radius 1 is 1.38 bits per heavy atom. The van der Waals surface area contributed by atoms with E-state index in [4.69, 9.17) is 19.1 Å². The van der Waals surface area contributed by atoms with E-state index in [2.05, 4.69) is 15.2 Å². The molecule has 2 N–H and O–H groups in total. The average molecular weight is 458 g/mol. The van der Waals surface area contributed by atoms with Crippen LogP contribution in [0.2, 0.25) is 0 Å². The number of imidazole rings is 1. The maximum absolute atomic E-state index is 12.2. The Labute approximate surface area is 182 Å². The number of hydrogen-bond acceptors (Lipinski definition) is 6. The number of carboxylic acid groups (broad SMARTS) is 1. The zero-order valence-corrected chi connectivity index (χ0v) is 17.4. The molecule has 0 bridgehead atoms. The van der Waals surface area contributed by atoms with Gasteiger partial charge in [-0.05, 0) is 24.9 Å². The highest BCUT2D eigenvalue weighted by Crippen LogP contribution is 2.34. The molecule has 0 radical (unpaired) electrons. The molecular weight excluding hydrogens is 433 g/mol. The number of aryl methyl sites for hydroxylation is 1. The quantitative estimate of drug-likeness (QED) is 0.704. The minimum absolute atomic E-state index is 0.102. The van der Waals surface area contributed by atoms with Gasteiger partial charge < -0.3 is 24.1 Å². The van der Waals surface area contributed by atoms with Gasteiger partial charge >= 0.3 is 12.1 Å². The second-order valence-corrected chi connectivity index (χ2v) is 7.83. The molecule has 0 saturated carbocycles. The molecule has 0 aromatic carbocycles. The molecule has 2 saturated heterocycles. The predicted octanol–water partition coefficient (Wildman–Crippen LogP) is 1.91. The smallest absolute Gasteiger partial charge is 0.475 e. The van der Waals surface area contributed by atoms with Crippen molar-refractivity contribution in [3.05, 3.63) is 42.4 Å². The van der Waals surface area contributed by atoms with Gasteiger partial charge in [0.2, 0.25) is 0 Å². The Balaban J connectivity index is 0.000000360. The van der Waals surface area contributed by atoms with Gasteiger partial charge in [0.15, 0.2) is 5.82 Å². The Kier molecular flexibility index (Phi) is 7.56. The summed E-state index contributed by atoms with van der Waals surface area (Å²) in [6.07, 6.45) is 3.06. The maximum Gasteiger partial charge on any atom is 0.490 e. The second kappa shape index (κ2) is 10.2. The summed E-state index contributed by atoms with van der Waals surface area (Å²) in [5, 5.41) is 10.1. The summed E-state index contributed by atoms with van der Waals surface area (Å²) in [4.78, 5) is 27.6. The standard InChI is InChI=1S/C18H24N4O3.C2HF3O2/c1-21-6-4-19-17(21)18(23)20-8-16-15-2-5-22(10-14(15)12-25-16)9-13-3-7-24-11-13;3-2(4,5)1(6)7/h3-4,6-7,11,14-16H,2,5,8-10,12H2,1H3,(H,20,23);(H,6,7)/t14-,15-,16+;/m1./s1. The first-order chi connectivity index (χ1) is 15.1. The third-order valence-electron chi connectivity index (χ3n) is 5.60. The van der Waals surface area contributed by atoms with Gasteiger partial charge in [0.1, 0.15) is 0 Å². The lowest BCUT2D eigenvalue weighted by Crippen LogP contribution is -2.43. The zero-order chi connectivity index (χ0) is 23.3. The first kappa shape index (κ1) is 23.8. The van der Waals surface area contributed by atoms with Crippen LogP contribution in [0.1, 0.15) is 22.6 Å². The molecule has 2 aromatic heterocycles. The molecule has 2 aliphatic heterocycles. The lowest BCUT2D eigenvalue weighted by Gasteiger charge is -2.35. The van der Waals surface area contributed by atoms with Crippen molar-refractivity contribution in [1.29, 1.82) is 0 Å². The fraction of sp³-hybridized carbons (Fsp3) is 0.550. The number of ether oxygens (including phenoxy) is 1. The second-order valence-electron chi connectivity index (χ2n) is 7.83. The van der Waals surface area contributed by atoms with Gasteiger partial charge in [-0.3, -0.25) is 9.69 Å². The van der Waals surface area contributed by atoms with Gasteiger partial charge in [-0.25, -0.2) is 9.78 Å². The fourth-order valence-electron chi connectivity index (χ4n) is 4.01. The van der Waals surface area contributed by atoms with Crippen molar-refractivity contribution >= 4 is 11.9 Å². The minimum atomic E-state index is -5.08. The summed E-state index contributed by atoms with van der Waals surface area (Å²) >= 11 is 0. The van der Waals surface area contributed by atoms with Crippen molar-refractivity contribution in [2.24, 2.45) is 18.9 Å². The summed E-state index contributed by atoms with van der Waals surface area (Å²) in [6.45, 7) is 4.35. The van der Waals surface area contributed by atoms with E-state index in [9.17, 15) is 18.0 Å². The van der Waals surface area contributed by atoms with E-state index in [1.54, 1.807) is 23.2 Å². The highest BCUT2D eigenvalue weighted by molar-refractivity contribution is 5.90.